The number of morpholine rings is 1. The molecule has 0 spiro atoms. The fourth-order valence-corrected chi connectivity index (χ4v) is 2.23. The Morgan fingerprint density at radius 1 is 1.50 bits per heavy atom. The average Bonchev–Trinajstić information content (AvgIpc) is 2.31. The molecule has 1 aromatic rings. The summed E-state index contributed by atoms with van der Waals surface area (Å²) in [5.74, 6) is 1.07. The van der Waals surface area contributed by atoms with Gasteiger partial charge in [-0.15, -0.1) is 0 Å². The highest BCUT2D eigenvalue weighted by Crippen LogP contribution is 2.22. The molecule has 0 saturated carbocycles. The predicted octanol–water partition coefficient (Wildman–Crippen LogP) is 1.40. The summed E-state index contributed by atoms with van der Waals surface area (Å²) in [4.78, 5) is 6.78. The van der Waals surface area contributed by atoms with Gasteiger partial charge in [0.05, 0.1) is 13.2 Å². The maximum atomic E-state index is 5.35. The highest BCUT2D eigenvalue weighted by molar-refractivity contribution is 9.10. The van der Waals surface area contributed by atoms with Gasteiger partial charge < -0.3 is 15.0 Å². The van der Waals surface area contributed by atoms with Crippen LogP contribution in [-0.2, 0) is 11.3 Å². The second-order valence-corrected chi connectivity index (χ2v) is 4.68. The van der Waals surface area contributed by atoms with Gasteiger partial charge in [0.1, 0.15) is 5.82 Å². The first-order chi connectivity index (χ1) is 7.81. The fourth-order valence-electron chi connectivity index (χ4n) is 1.85. The zero-order valence-electron chi connectivity index (χ0n) is 9.37. The van der Waals surface area contributed by atoms with Crippen molar-refractivity contribution in [3.05, 3.63) is 22.3 Å². The molecular weight excluding hydrogens is 270 g/mol. The minimum Gasteiger partial charge on any atom is -0.378 e. The summed E-state index contributed by atoms with van der Waals surface area (Å²) in [6.45, 7) is 4.25. The van der Waals surface area contributed by atoms with Crippen LogP contribution in [0.2, 0.25) is 0 Å². The molecule has 16 heavy (non-hydrogen) atoms. The zero-order valence-corrected chi connectivity index (χ0v) is 11.0. The van der Waals surface area contributed by atoms with Crippen LogP contribution in [-0.4, -0.2) is 38.3 Å². The molecule has 5 heteroatoms. The van der Waals surface area contributed by atoms with E-state index < -0.39 is 0 Å². The van der Waals surface area contributed by atoms with Gasteiger partial charge in [0.15, 0.2) is 0 Å². The Bertz CT molecular complexity index is 353. The molecule has 4 nitrogen and oxygen atoms in total. The van der Waals surface area contributed by atoms with Crippen LogP contribution in [0.1, 0.15) is 5.56 Å². The van der Waals surface area contributed by atoms with Gasteiger partial charge in [-0.3, -0.25) is 0 Å². The van der Waals surface area contributed by atoms with E-state index in [1.54, 1.807) is 0 Å². The van der Waals surface area contributed by atoms with E-state index in [0.717, 1.165) is 43.1 Å². The van der Waals surface area contributed by atoms with Gasteiger partial charge in [-0.2, -0.15) is 0 Å². The summed E-state index contributed by atoms with van der Waals surface area (Å²) in [6, 6.07) is 2.12. The topological polar surface area (TPSA) is 37.4 Å². The molecule has 1 aliphatic heterocycles. The van der Waals surface area contributed by atoms with Crippen LogP contribution in [0, 0.1) is 0 Å². The predicted molar refractivity (Wildman–Crippen MR) is 67.7 cm³/mol. The Hall–Kier alpha value is -0.650. The monoisotopic (exact) mass is 285 g/mol. The van der Waals surface area contributed by atoms with E-state index >= 15 is 0 Å². The average molecular weight is 286 g/mol. The molecule has 0 atom stereocenters. The number of ether oxygens (including phenoxy) is 1. The van der Waals surface area contributed by atoms with Crippen molar-refractivity contribution in [2.45, 2.75) is 6.54 Å². The van der Waals surface area contributed by atoms with Crippen molar-refractivity contribution in [1.82, 2.24) is 10.3 Å². The molecule has 0 aliphatic carbocycles. The van der Waals surface area contributed by atoms with Crippen molar-refractivity contribution in [2.24, 2.45) is 0 Å². The van der Waals surface area contributed by atoms with Gasteiger partial charge in [-0.25, -0.2) is 4.98 Å². The summed E-state index contributed by atoms with van der Waals surface area (Å²) in [5.41, 5.74) is 1.22. The lowest BCUT2D eigenvalue weighted by Crippen LogP contribution is -2.37. The maximum Gasteiger partial charge on any atom is 0.133 e. The Morgan fingerprint density at radius 2 is 2.25 bits per heavy atom. The molecule has 1 N–H and O–H groups in total. The summed E-state index contributed by atoms with van der Waals surface area (Å²) in [5, 5.41) is 3.17. The number of halogens is 1. The standard InChI is InChI=1S/C11H16BrN3O/c1-13-7-9-6-10(12)8-14-11(9)15-2-4-16-5-3-15/h6,8,13H,2-5,7H2,1H3. The molecule has 1 aromatic heterocycles. The van der Waals surface area contributed by atoms with Crippen molar-refractivity contribution in [3.63, 3.8) is 0 Å². The molecule has 88 valence electrons. The molecule has 0 bridgehead atoms. The van der Waals surface area contributed by atoms with Crippen molar-refractivity contribution in [1.29, 1.82) is 0 Å². The summed E-state index contributed by atoms with van der Waals surface area (Å²) in [6.07, 6.45) is 1.85. The van der Waals surface area contributed by atoms with Crippen LogP contribution >= 0.6 is 15.9 Å². The molecule has 1 aliphatic rings. The summed E-state index contributed by atoms with van der Waals surface area (Å²) >= 11 is 3.46. The molecule has 0 radical (unpaired) electrons. The Labute approximate surface area is 104 Å². The van der Waals surface area contributed by atoms with Gasteiger partial charge in [-0.1, -0.05) is 0 Å². The van der Waals surface area contributed by atoms with Crippen LogP contribution in [0.4, 0.5) is 5.82 Å². The van der Waals surface area contributed by atoms with Crippen LogP contribution in [0.3, 0.4) is 0 Å². The third-order valence-electron chi connectivity index (χ3n) is 2.59. The van der Waals surface area contributed by atoms with Gasteiger partial charge in [0.2, 0.25) is 0 Å². The van der Waals surface area contributed by atoms with Gasteiger partial charge in [0, 0.05) is 35.9 Å². The minimum atomic E-state index is 0.788. The second kappa shape index (κ2) is 5.61. The minimum absolute atomic E-state index is 0.788. The highest BCUT2D eigenvalue weighted by atomic mass is 79.9. The number of hydrogen-bond acceptors (Lipinski definition) is 4. The molecule has 0 unspecified atom stereocenters. The largest absolute Gasteiger partial charge is 0.378 e. The fraction of sp³-hybridized carbons (Fsp3) is 0.545. The van der Waals surface area contributed by atoms with E-state index in [4.69, 9.17) is 4.74 Å². The number of aromatic nitrogens is 1. The van der Waals surface area contributed by atoms with Gasteiger partial charge in [0.25, 0.3) is 0 Å². The van der Waals surface area contributed by atoms with E-state index in [-0.39, 0.29) is 0 Å². The normalized spacial score (nSPS) is 16.5. The highest BCUT2D eigenvalue weighted by Gasteiger charge is 2.15. The van der Waals surface area contributed by atoms with Crippen molar-refractivity contribution in [2.75, 3.05) is 38.3 Å². The first kappa shape index (κ1) is 11.8. The van der Waals surface area contributed by atoms with E-state index in [1.807, 2.05) is 13.2 Å². The number of anilines is 1. The van der Waals surface area contributed by atoms with Crippen LogP contribution < -0.4 is 10.2 Å². The van der Waals surface area contributed by atoms with Crippen LogP contribution in [0.5, 0.6) is 0 Å². The van der Waals surface area contributed by atoms with Crippen molar-refractivity contribution < 1.29 is 4.74 Å². The van der Waals surface area contributed by atoms with Gasteiger partial charge >= 0.3 is 0 Å². The summed E-state index contributed by atoms with van der Waals surface area (Å²) < 4.78 is 6.37. The van der Waals surface area contributed by atoms with E-state index in [2.05, 4.69) is 37.2 Å². The molecule has 0 amide bonds. The van der Waals surface area contributed by atoms with Gasteiger partial charge in [-0.05, 0) is 29.0 Å². The Kier molecular flexibility index (Phi) is 4.15. The number of rotatable bonds is 3. The maximum absolute atomic E-state index is 5.35. The molecule has 1 saturated heterocycles. The van der Waals surface area contributed by atoms with E-state index in [9.17, 15) is 0 Å². The van der Waals surface area contributed by atoms with Crippen LogP contribution in [0.15, 0.2) is 16.7 Å². The van der Waals surface area contributed by atoms with E-state index in [1.165, 1.54) is 5.56 Å². The number of nitrogens with one attached hydrogen (secondary N) is 1. The lowest BCUT2D eigenvalue weighted by Gasteiger charge is -2.29. The first-order valence-corrected chi connectivity index (χ1v) is 6.22. The van der Waals surface area contributed by atoms with Crippen molar-refractivity contribution in [3.8, 4) is 0 Å². The molecule has 2 rings (SSSR count). The first-order valence-electron chi connectivity index (χ1n) is 5.43. The summed E-state index contributed by atoms with van der Waals surface area (Å²) in [7, 11) is 1.95. The smallest absolute Gasteiger partial charge is 0.133 e. The molecule has 1 fully saturated rings. The molecular formula is C11H16BrN3O. The number of nitrogens with zero attached hydrogens (tertiary/aromatic N) is 2. The SMILES string of the molecule is CNCc1cc(Br)cnc1N1CCOCC1. The molecule has 2 heterocycles. The van der Waals surface area contributed by atoms with E-state index in [0.29, 0.717) is 0 Å². The third kappa shape index (κ3) is 2.72. The second-order valence-electron chi connectivity index (χ2n) is 3.77. The molecule has 0 aromatic carbocycles. The van der Waals surface area contributed by atoms with Crippen molar-refractivity contribution >= 4 is 21.7 Å². The number of pyridine rings is 1. The lowest BCUT2D eigenvalue weighted by molar-refractivity contribution is 0.122. The number of hydrogen-bond donors (Lipinski definition) is 1. The Morgan fingerprint density at radius 3 is 2.94 bits per heavy atom. The Balaban J connectivity index is 2.23. The lowest BCUT2D eigenvalue weighted by atomic mass is 10.2. The zero-order chi connectivity index (χ0) is 11.4. The quantitative estimate of drug-likeness (QED) is 0.911. The third-order valence-corrected chi connectivity index (χ3v) is 3.02. The van der Waals surface area contributed by atoms with Crippen LogP contribution in [0.25, 0.3) is 0 Å².